The van der Waals surface area contributed by atoms with Gasteiger partial charge in [-0.2, -0.15) is 0 Å². The van der Waals surface area contributed by atoms with Gasteiger partial charge in [-0.25, -0.2) is 9.37 Å². The number of nitrogen functional groups attached to an aromatic ring is 1. The molecule has 0 unspecified atom stereocenters. The molecule has 0 aliphatic carbocycles. The fraction of sp³-hybridized carbons (Fsp3) is 0. The van der Waals surface area contributed by atoms with Gasteiger partial charge in [0.2, 0.25) is 0 Å². The molecule has 0 amide bonds. The molecule has 4 heteroatoms. The Hall–Kier alpha value is -2.36. The van der Waals surface area contributed by atoms with E-state index in [1.54, 1.807) is 23.0 Å². The van der Waals surface area contributed by atoms with Crippen molar-refractivity contribution in [1.82, 2.24) is 9.55 Å². The Kier molecular flexibility index (Phi) is 2.08. The zero-order chi connectivity index (χ0) is 11.8. The van der Waals surface area contributed by atoms with Crippen molar-refractivity contribution >= 4 is 16.7 Å². The summed E-state index contributed by atoms with van der Waals surface area (Å²) < 4.78 is 15.2. The van der Waals surface area contributed by atoms with Gasteiger partial charge in [0.05, 0.1) is 22.4 Å². The lowest BCUT2D eigenvalue weighted by molar-refractivity contribution is 0.631. The second kappa shape index (κ2) is 3.59. The normalized spacial score (nSPS) is 10.9. The van der Waals surface area contributed by atoms with E-state index in [2.05, 4.69) is 4.98 Å². The van der Waals surface area contributed by atoms with Crippen LogP contribution in [0.25, 0.3) is 16.7 Å². The SMILES string of the molecule is Nc1c(F)cccc1-n1cnc2ccccc21. The maximum atomic E-state index is 13.4. The molecular formula is C13H10FN3. The second-order valence-corrected chi connectivity index (χ2v) is 3.78. The lowest BCUT2D eigenvalue weighted by atomic mass is 10.2. The standard InChI is InChI=1S/C13H10FN3/c14-9-4-3-7-12(13(9)15)17-8-16-10-5-1-2-6-11(10)17/h1-8H,15H2. The smallest absolute Gasteiger partial charge is 0.148 e. The topological polar surface area (TPSA) is 43.8 Å². The highest BCUT2D eigenvalue weighted by molar-refractivity contribution is 5.78. The summed E-state index contributed by atoms with van der Waals surface area (Å²) in [6, 6.07) is 12.4. The van der Waals surface area contributed by atoms with E-state index in [0.29, 0.717) is 5.69 Å². The minimum atomic E-state index is -0.416. The van der Waals surface area contributed by atoms with E-state index in [4.69, 9.17) is 5.73 Å². The van der Waals surface area contributed by atoms with E-state index in [9.17, 15) is 4.39 Å². The van der Waals surface area contributed by atoms with Crippen molar-refractivity contribution in [3.8, 4) is 5.69 Å². The van der Waals surface area contributed by atoms with Crippen LogP contribution in [-0.2, 0) is 0 Å². The van der Waals surface area contributed by atoms with Gasteiger partial charge in [-0.05, 0) is 24.3 Å². The van der Waals surface area contributed by atoms with Crippen LogP contribution in [0.15, 0.2) is 48.8 Å². The number of para-hydroxylation sites is 3. The lowest BCUT2D eigenvalue weighted by Crippen LogP contribution is -2.00. The highest BCUT2D eigenvalue weighted by Gasteiger charge is 2.09. The first-order valence-corrected chi connectivity index (χ1v) is 5.24. The Labute approximate surface area is 97.3 Å². The Morgan fingerprint density at radius 3 is 2.76 bits per heavy atom. The first kappa shape index (κ1) is 9.84. The summed E-state index contributed by atoms with van der Waals surface area (Å²) in [7, 11) is 0. The zero-order valence-corrected chi connectivity index (χ0v) is 8.97. The van der Waals surface area contributed by atoms with Crippen molar-refractivity contribution in [3.63, 3.8) is 0 Å². The summed E-state index contributed by atoms with van der Waals surface area (Å²) in [6.45, 7) is 0. The summed E-state index contributed by atoms with van der Waals surface area (Å²) in [5, 5.41) is 0. The number of nitrogens with zero attached hydrogens (tertiary/aromatic N) is 2. The molecule has 0 aliphatic rings. The van der Waals surface area contributed by atoms with Crippen LogP contribution in [-0.4, -0.2) is 9.55 Å². The average Bonchev–Trinajstić information content (AvgIpc) is 2.77. The van der Waals surface area contributed by atoms with Crippen LogP contribution in [0.4, 0.5) is 10.1 Å². The van der Waals surface area contributed by atoms with Gasteiger partial charge in [0.1, 0.15) is 12.1 Å². The third-order valence-electron chi connectivity index (χ3n) is 2.74. The van der Waals surface area contributed by atoms with E-state index < -0.39 is 5.82 Å². The fourth-order valence-corrected chi connectivity index (χ4v) is 1.89. The first-order chi connectivity index (χ1) is 8.27. The predicted octanol–water partition coefficient (Wildman–Crippen LogP) is 2.75. The van der Waals surface area contributed by atoms with Crippen LogP contribution in [0, 0.1) is 5.82 Å². The molecule has 17 heavy (non-hydrogen) atoms. The quantitative estimate of drug-likeness (QED) is 0.649. The van der Waals surface area contributed by atoms with Gasteiger partial charge in [-0.3, -0.25) is 4.57 Å². The van der Waals surface area contributed by atoms with Gasteiger partial charge >= 0.3 is 0 Å². The molecule has 0 saturated heterocycles. The second-order valence-electron chi connectivity index (χ2n) is 3.78. The molecular weight excluding hydrogens is 217 g/mol. The summed E-state index contributed by atoms with van der Waals surface area (Å²) in [6.07, 6.45) is 1.65. The third-order valence-corrected chi connectivity index (χ3v) is 2.74. The van der Waals surface area contributed by atoms with E-state index in [-0.39, 0.29) is 5.69 Å². The number of aromatic nitrogens is 2. The molecule has 1 heterocycles. The Morgan fingerprint density at radius 2 is 1.88 bits per heavy atom. The number of hydrogen-bond acceptors (Lipinski definition) is 2. The average molecular weight is 227 g/mol. The van der Waals surface area contributed by atoms with Crippen LogP contribution in [0.3, 0.4) is 0 Å². The summed E-state index contributed by atoms with van der Waals surface area (Å²) >= 11 is 0. The number of halogens is 1. The Balaban J connectivity index is 2.31. The Bertz CT molecular complexity index is 688. The molecule has 2 aromatic carbocycles. The van der Waals surface area contributed by atoms with Gasteiger partial charge in [0.15, 0.2) is 0 Å². The maximum absolute atomic E-state index is 13.4. The van der Waals surface area contributed by atoms with Gasteiger partial charge in [-0.15, -0.1) is 0 Å². The van der Waals surface area contributed by atoms with Crippen molar-refractivity contribution in [1.29, 1.82) is 0 Å². The highest BCUT2D eigenvalue weighted by Crippen LogP contribution is 2.24. The molecule has 0 aliphatic heterocycles. The minimum Gasteiger partial charge on any atom is -0.395 e. The molecule has 84 valence electrons. The van der Waals surface area contributed by atoms with Crippen LogP contribution in [0.2, 0.25) is 0 Å². The highest BCUT2D eigenvalue weighted by atomic mass is 19.1. The molecule has 3 aromatic rings. The van der Waals surface area contributed by atoms with Crippen molar-refractivity contribution in [2.24, 2.45) is 0 Å². The monoisotopic (exact) mass is 227 g/mol. The molecule has 1 aromatic heterocycles. The van der Waals surface area contributed by atoms with Crippen molar-refractivity contribution in [2.45, 2.75) is 0 Å². The fourth-order valence-electron chi connectivity index (χ4n) is 1.89. The molecule has 2 N–H and O–H groups in total. The van der Waals surface area contributed by atoms with Crippen LogP contribution in [0.5, 0.6) is 0 Å². The van der Waals surface area contributed by atoms with Gasteiger partial charge < -0.3 is 5.73 Å². The van der Waals surface area contributed by atoms with Crippen molar-refractivity contribution in [2.75, 3.05) is 5.73 Å². The molecule has 0 bridgehead atoms. The summed E-state index contributed by atoms with van der Waals surface area (Å²) in [5.41, 5.74) is 8.25. The number of imidazole rings is 1. The summed E-state index contributed by atoms with van der Waals surface area (Å²) in [4.78, 5) is 4.25. The number of hydrogen-bond donors (Lipinski definition) is 1. The van der Waals surface area contributed by atoms with E-state index in [1.807, 2.05) is 24.3 Å². The van der Waals surface area contributed by atoms with Crippen LogP contribution >= 0.6 is 0 Å². The van der Waals surface area contributed by atoms with Crippen molar-refractivity contribution in [3.05, 3.63) is 54.6 Å². The van der Waals surface area contributed by atoms with Crippen molar-refractivity contribution < 1.29 is 4.39 Å². The zero-order valence-electron chi connectivity index (χ0n) is 8.97. The van der Waals surface area contributed by atoms with E-state index in [0.717, 1.165) is 11.0 Å². The molecule has 0 radical (unpaired) electrons. The number of nitrogens with two attached hydrogens (primary N) is 1. The van der Waals surface area contributed by atoms with Gasteiger partial charge in [0, 0.05) is 0 Å². The van der Waals surface area contributed by atoms with E-state index >= 15 is 0 Å². The number of rotatable bonds is 1. The maximum Gasteiger partial charge on any atom is 0.148 e. The molecule has 0 spiro atoms. The first-order valence-electron chi connectivity index (χ1n) is 5.24. The lowest BCUT2D eigenvalue weighted by Gasteiger charge is -2.08. The molecule has 0 fully saturated rings. The van der Waals surface area contributed by atoms with E-state index in [1.165, 1.54) is 6.07 Å². The van der Waals surface area contributed by atoms with Crippen LogP contribution in [0.1, 0.15) is 0 Å². The predicted molar refractivity (Wildman–Crippen MR) is 65.4 cm³/mol. The minimum absolute atomic E-state index is 0.135. The number of benzene rings is 2. The molecule has 3 nitrogen and oxygen atoms in total. The number of anilines is 1. The Morgan fingerprint density at radius 1 is 1.06 bits per heavy atom. The molecule has 3 rings (SSSR count). The third kappa shape index (κ3) is 1.45. The molecule has 0 atom stereocenters. The van der Waals surface area contributed by atoms with Gasteiger partial charge in [-0.1, -0.05) is 18.2 Å². The van der Waals surface area contributed by atoms with Crippen LogP contribution < -0.4 is 5.73 Å². The number of fused-ring (bicyclic) bond motifs is 1. The largest absolute Gasteiger partial charge is 0.395 e. The van der Waals surface area contributed by atoms with Gasteiger partial charge in [0.25, 0.3) is 0 Å². The molecule has 0 saturated carbocycles. The summed E-state index contributed by atoms with van der Waals surface area (Å²) in [5.74, 6) is -0.416.